The first kappa shape index (κ1) is 13.2. The molecule has 3 rings (SSSR count). The van der Waals surface area contributed by atoms with Gasteiger partial charge in [0, 0.05) is 27.1 Å². The molecule has 1 atom stereocenters. The number of rotatable bonds is 2. The van der Waals surface area contributed by atoms with Gasteiger partial charge in [-0.2, -0.15) is 0 Å². The van der Waals surface area contributed by atoms with Crippen LogP contribution in [0.2, 0.25) is 0 Å². The first-order chi connectivity index (χ1) is 9.16. The molecule has 0 spiro atoms. The summed E-state index contributed by atoms with van der Waals surface area (Å²) in [5.41, 5.74) is 7.51. The Labute approximate surface area is 131 Å². The van der Waals surface area contributed by atoms with Crippen molar-refractivity contribution in [3.8, 4) is 0 Å². The molecule has 0 aliphatic rings. The van der Waals surface area contributed by atoms with E-state index in [9.17, 15) is 0 Å². The minimum Gasteiger partial charge on any atom is -0.320 e. The van der Waals surface area contributed by atoms with Crippen molar-refractivity contribution in [2.75, 3.05) is 0 Å². The van der Waals surface area contributed by atoms with Gasteiger partial charge in [0.1, 0.15) is 0 Å². The van der Waals surface area contributed by atoms with Gasteiger partial charge in [-0.3, -0.25) is 4.98 Å². The molecule has 0 aliphatic carbocycles. The van der Waals surface area contributed by atoms with Crippen molar-refractivity contribution < 1.29 is 0 Å². The topological polar surface area (TPSA) is 38.9 Å². The van der Waals surface area contributed by atoms with Gasteiger partial charge in [0.05, 0.1) is 9.83 Å². The molecule has 5 heteroatoms. The molecule has 0 bridgehead atoms. The van der Waals surface area contributed by atoms with Gasteiger partial charge < -0.3 is 5.73 Å². The number of pyridine rings is 1. The smallest absolute Gasteiger partial charge is 0.0843 e. The highest BCUT2D eigenvalue weighted by molar-refractivity contribution is 9.13. The molecule has 19 heavy (non-hydrogen) atoms. The molecular weight excluding hydrogens is 388 g/mol. The second kappa shape index (κ2) is 5.32. The summed E-state index contributed by atoms with van der Waals surface area (Å²) in [5, 5.41) is 2.27. The zero-order chi connectivity index (χ0) is 13.4. The van der Waals surface area contributed by atoms with Gasteiger partial charge in [0.25, 0.3) is 0 Å². The van der Waals surface area contributed by atoms with Crippen molar-refractivity contribution in [2.45, 2.75) is 6.04 Å². The van der Waals surface area contributed by atoms with E-state index in [2.05, 4.69) is 55.0 Å². The van der Waals surface area contributed by atoms with Crippen LogP contribution in [0.15, 0.2) is 51.0 Å². The Morgan fingerprint density at radius 3 is 2.79 bits per heavy atom. The van der Waals surface area contributed by atoms with E-state index in [-0.39, 0.29) is 6.04 Å². The first-order valence-electron chi connectivity index (χ1n) is 5.70. The molecule has 0 fully saturated rings. The highest BCUT2D eigenvalue weighted by Gasteiger charge is 2.16. The molecule has 0 aliphatic heterocycles. The fourth-order valence-electron chi connectivity index (χ4n) is 2.08. The molecule has 0 amide bonds. The molecule has 0 radical (unpaired) electrons. The SMILES string of the molecule is NC(c1cc(Br)c(Br)s1)c1cccc2ccncc12. The van der Waals surface area contributed by atoms with Crippen molar-refractivity contribution in [2.24, 2.45) is 5.73 Å². The molecule has 1 aromatic carbocycles. The van der Waals surface area contributed by atoms with Crippen molar-refractivity contribution in [3.05, 3.63) is 61.4 Å². The molecule has 0 saturated carbocycles. The van der Waals surface area contributed by atoms with Crippen molar-refractivity contribution in [1.29, 1.82) is 0 Å². The molecule has 96 valence electrons. The van der Waals surface area contributed by atoms with E-state index in [0.29, 0.717) is 0 Å². The number of nitrogens with zero attached hydrogens (tertiary/aromatic N) is 1. The fourth-order valence-corrected chi connectivity index (χ4v) is 4.19. The zero-order valence-electron chi connectivity index (χ0n) is 9.81. The zero-order valence-corrected chi connectivity index (χ0v) is 13.8. The van der Waals surface area contributed by atoms with E-state index >= 15 is 0 Å². The third-order valence-corrected chi connectivity index (χ3v) is 6.36. The van der Waals surface area contributed by atoms with Crippen LogP contribution in [0.1, 0.15) is 16.5 Å². The Kier molecular flexibility index (Phi) is 3.71. The number of hydrogen-bond donors (Lipinski definition) is 1. The molecular formula is C14H10Br2N2S. The number of aromatic nitrogens is 1. The van der Waals surface area contributed by atoms with Crippen LogP contribution in [0.5, 0.6) is 0 Å². The number of nitrogens with two attached hydrogens (primary N) is 1. The summed E-state index contributed by atoms with van der Waals surface area (Å²) in [6.45, 7) is 0. The average molecular weight is 398 g/mol. The second-order valence-electron chi connectivity index (χ2n) is 4.19. The summed E-state index contributed by atoms with van der Waals surface area (Å²) < 4.78 is 2.11. The minimum atomic E-state index is -0.138. The maximum atomic E-state index is 6.41. The van der Waals surface area contributed by atoms with Gasteiger partial charge in [0.2, 0.25) is 0 Å². The second-order valence-corrected chi connectivity index (χ2v) is 7.45. The minimum absolute atomic E-state index is 0.138. The number of fused-ring (bicyclic) bond motifs is 1. The lowest BCUT2D eigenvalue weighted by atomic mass is 10.00. The Bertz CT molecular complexity index is 714. The normalized spacial score (nSPS) is 12.8. The number of benzene rings is 1. The summed E-state index contributed by atoms with van der Waals surface area (Å²) in [5.74, 6) is 0. The van der Waals surface area contributed by atoms with Crippen LogP contribution in [0, 0.1) is 0 Å². The Morgan fingerprint density at radius 2 is 2.05 bits per heavy atom. The van der Waals surface area contributed by atoms with E-state index < -0.39 is 0 Å². The van der Waals surface area contributed by atoms with Crippen molar-refractivity contribution in [3.63, 3.8) is 0 Å². The molecule has 2 nitrogen and oxygen atoms in total. The molecule has 1 unspecified atom stereocenters. The third-order valence-electron chi connectivity index (χ3n) is 3.02. The van der Waals surface area contributed by atoms with Gasteiger partial charge in [-0.15, -0.1) is 11.3 Å². The van der Waals surface area contributed by atoms with E-state index in [0.717, 1.165) is 29.5 Å². The molecule has 2 N–H and O–H groups in total. The van der Waals surface area contributed by atoms with E-state index in [1.54, 1.807) is 17.5 Å². The standard InChI is InChI=1S/C14H10Br2N2S/c15-11-6-12(19-14(11)16)13(17)9-3-1-2-8-4-5-18-7-10(8)9/h1-7,13H,17H2. The quantitative estimate of drug-likeness (QED) is 0.669. The molecule has 3 aromatic rings. The number of hydrogen-bond acceptors (Lipinski definition) is 3. The average Bonchev–Trinajstić information content (AvgIpc) is 2.77. The van der Waals surface area contributed by atoms with Crippen LogP contribution in [-0.4, -0.2) is 4.98 Å². The number of halogens is 2. The lowest BCUT2D eigenvalue weighted by Crippen LogP contribution is -2.10. The predicted octanol–water partition coefficient (Wildman–Crippen LogP) is 4.87. The summed E-state index contributed by atoms with van der Waals surface area (Å²) in [6.07, 6.45) is 3.68. The van der Waals surface area contributed by atoms with Crippen LogP contribution in [0.3, 0.4) is 0 Å². The van der Waals surface area contributed by atoms with Crippen LogP contribution in [-0.2, 0) is 0 Å². The highest BCUT2D eigenvalue weighted by Crippen LogP contribution is 2.37. The summed E-state index contributed by atoms with van der Waals surface area (Å²) in [4.78, 5) is 5.32. The van der Waals surface area contributed by atoms with Crippen LogP contribution in [0.4, 0.5) is 0 Å². The van der Waals surface area contributed by atoms with Crippen molar-refractivity contribution in [1.82, 2.24) is 4.98 Å². The Balaban J connectivity index is 2.13. The van der Waals surface area contributed by atoms with Crippen LogP contribution in [0.25, 0.3) is 10.8 Å². The first-order valence-corrected chi connectivity index (χ1v) is 8.10. The Hall–Kier alpha value is -0.750. The van der Waals surface area contributed by atoms with E-state index in [1.807, 2.05) is 18.3 Å². The molecule has 2 aromatic heterocycles. The monoisotopic (exact) mass is 396 g/mol. The fraction of sp³-hybridized carbons (Fsp3) is 0.0714. The lowest BCUT2D eigenvalue weighted by molar-refractivity contribution is 0.902. The third kappa shape index (κ3) is 2.48. The van der Waals surface area contributed by atoms with E-state index in [1.165, 1.54) is 0 Å². The maximum absolute atomic E-state index is 6.41. The summed E-state index contributed by atoms with van der Waals surface area (Å²) in [7, 11) is 0. The number of thiophene rings is 1. The van der Waals surface area contributed by atoms with Gasteiger partial charge in [-0.1, -0.05) is 18.2 Å². The lowest BCUT2D eigenvalue weighted by Gasteiger charge is -2.12. The van der Waals surface area contributed by atoms with E-state index in [4.69, 9.17) is 5.73 Å². The van der Waals surface area contributed by atoms with Gasteiger partial charge in [-0.25, -0.2) is 0 Å². The maximum Gasteiger partial charge on any atom is 0.0843 e. The predicted molar refractivity (Wildman–Crippen MR) is 87.5 cm³/mol. The van der Waals surface area contributed by atoms with Crippen LogP contribution < -0.4 is 5.73 Å². The summed E-state index contributed by atoms with van der Waals surface area (Å²) >= 11 is 8.66. The van der Waals surface area contributed by atoms with Crippen molar-refractivity contribution >= 4 is 54.0 Å². The Morgan fingerprint density at radius 1 is 1.21 bits per heavy atom. The van der Waals surface area contributed by atoms with Gasteiger partial charge in [0.15, 0.2) is 0 Å². The highest BCUT2D eigenvalue weighted by atomic mass is 79.9. The summed E-state index contributed by atoms with van der Waals surface area (Å²) in [6, 6.07) is 10.1. The largest absolute Gasteiger partial charge is 0.320 e. The molecule has 2 heterocycles. The van der Waals surface area contributed by atoms with Gasteiger partial charge in [-0.05, 0) is 54.9 Å². The van der Waals surface area contributed by atoms with Crippen LogP contribution >= 0.6 is 43.2 Å². The molecule has 0 saturated heterocycles. The van der Waals surface area contributed by atoms with Gasteiger partial charge >= 0.3 is 0 Å².